The molecule has 106 valence electrons. The van der Waals surface area contributed by atoms with Crippen LogP contribution < -0.4 is 5.73 Å². The molecular weight excluding hydrogens is 267 g/mol. The molecule has 0 saturated carbocycles. The molecular formula is C13H19FN2O2S. The Kier molecular flexibility index (Phi) is 4.70. The van der Waals surface area contributed by atoms with E-state index in [2.05, 4.69) is 6.58 Å². The fraction of sp³-hybridized carbons (Fsp3) is 0.385. The number of halogens is 1. The van der Waals surface area contributed by atoms with E-state index < -0.39 is 15.8 Å². The number of sulfonamides is 1. The second-order valence-electron chi connectivity index (χ2n) is 4.60. The third-order valence-electron chi connectivity index (χ3n) is 2.77. The van der Waals surface area contributed by atoms with Crippen molar-refractivity contribution in [3.05, 3.63) is 36.2 Å². The predicted molar refractivity (Wildman–Crippen MR) is 74.8 cm³/mol. The first kappa shape index (κ1) is 15.7. The van der Waals surface area contributed by atoms with E-state index >= 15 is 0 Å². The van der Waals surface area contributed by atoms with Gasteiger partial charge in [0, 0.05) is 12.6 Å². The first-order chi connectivity index (χ1) is 8.71. The molecule has 0 heterocycles. The van der Waals surface area contributed by atoms with Crippen LogP contribution in [-0.4, -0.2) is 25.3 Å². The molecule has 1 aromatic carbocycles. The average Bonchev–Trinajstić information content (AvgIpc) is 2.29. The van der Waals surface area contributed by atoms with Gasteiger partial charge in [0.15, 0.2) is 0 Å². The molecule has 0 aromatic heterocycles. The second-order valence-corrected chi connectivity index (χ2v) is 6.46. The molecule has 19 heavy (non-hydrogen) atoms. The van der Waals surface area contributed by atoms with Crippen molar-refractivity contribution in [3.63, 3.8) is 0 Å². The summed E-state index contributed by atoms with van der Waals surface area (Å²) >= 11 is 0. The highest BCUT2D eigenvalue weighted by Crippen LogP contribution is 2.25. The Morgan fingerprint density at radius 2 is 2.05 bits per heavy atom. The van der Waals surface area contributed by atoms with E-state index in [1.54, 1.807) is 20.8 Å². The highest BCUT2D eigenvalue weighted by Gasteiger charge is 2.28. The first-order valence-corrected chi connectivity index (χ1v) is 7.34. The van der Waals surface area contributed by atoms with Crippen molar-refractivity contribution in [3.8, 4) is 0 Å². The van der Waals surface area contributed by atoms with Crippen LogP contribution in [0.25, 0.3) is 0 Å². The van der Waals surface area contributed by atoms with Gasteiger partial charge in [-0.2, -0.15) is 4.31 Å². The van der Waals surface area contributed by atoms with Crippen LogP contribution in [0.15, 0.2) is 29.7 Å². The van der Waals surface area contributed by atoms with Crippen molar-refractivity contribution in [1.29, 1.82) is 0 Å². The lowest BCUT2D eigenvalue weighted by molar-refractivity contribution is 0.382. The Morgan fingerprint density at radius 3 is 2.53 bits per heavy atom. The Hall–Kier alpha value is -1.40. The van der Waals surface area contributed by atoms with Crippen molar-refractivity contribution < 1.29 is 12.8 Å². The highest BCUT2D eigenvalue weighted by atomic mass is 32.2. The van der Waals surface area contributed by atoms with E-state index in [-0.39, 0.29) is 23.2 Å². The molecule has 0 fully saturated rings. The number of rotatable bonds is 5. The third-order valence-corrected chi connectivity index (χ3v) is 4.95. The van der Waals surface area contributed by atoms with Crippen LogP contribution in [-0.2, 0) is 10.0 Å². The van der Waals surface area contributed by atoms with Gasteiger partial charge in [-0.25, -0.2) is 12.8 Å². The molecule has 0 atom stereocenters. The van der Waals surface area contributed by atoms with Crippen LogP contribution in [0, 0.1) is 12.7 Å². The molecule has 0 radical (unpaired) electrons. The van der Waals surface area contributed by atoms with Crippen molar-refractivity contribution in [2.75, 3.05) is 12.3 Å². The number of aryl methyl sites for hydroxylation is 1. The predicted octanol–water partition coefficient (Wildman–Crippen LogP) is 2.30. The van der Waals surface area contributed by atoms with Gasteiger partial charge in [0.2, 0.25) is 10.0 Å². The van der Waals surface area contributed by atoms with Crippen molar-refractivity contribution in [2.24, 2.45) is 0 Å². The van der Waals surface area contributed by atoms with E-state index in [4.69, 9.17) is 5.73 Å². The van der Waals surface area contributed by atoms with Crippen LogP contribution in [0.4, 0.5) is 10.1 Å². The van der Waals surface area contributed by atoms with Crippen LogP contribution in [0.3, 0.4) is 0 Å². The van der Waals surface area contributed by atoms with E-state index in [0.717, 1.165) is 6.07 Å². The Morgan fingerprint density at radius 1 is 1.47 bits per heavy atom. The monoisotopic (exact) mass is 286 g/mol. The number of nitrogen functional groups attached to an aromatic ring is 1. The van der Waals surface area contributed by atoms with Crippen LogP contribution >= 0.6 is 0 Å². The van der Waals surface area contributed by atoms with Gasteiger partial charge in [0.25, 0.3) is 0 Å². The number of nitrogens with two attached hydrogens (primary N) is 1. The normalized spacial score (nSPS) is 12.1. The summed E-state index contributed by atoms with van der Waals surface area (Å²) in [5.74, 6) is -0.615. The summed E-state index contributed by atoms with van der Waals surface area (Å²) in [6, 6.07) is 2.07. The van der Waals surface area contributed by atoms with Crippen molar-refractivity contribution >= 4 is 15.7 Å². The summed E-state index contributed by atoms with van der Waals surface area (Å²) in [5, 5.41) is 0. The molecule has 0 aliphatic rings. The van der Waals surface area contributed by atoms with Gasteiger partial charge in [0.1, 0.15) is 5.82 Å². The number of benzene rings is 1. The zero-order valence-corrected chi connectivity index (χ0v) is 12.2. The lowest BCUT2D eigenvalue weighted by atomic mass is 10.2. The van der Waals surface area contributed by atoms with Gasteiger partial charge in [-0.05, 0) is 38.5 Å². The number of nitrogens with zero attached hydrogens (tertiary/aromatic N) is 1. The Labute approximate surface area is 113 Å². The summed E-state index contributed by atoms with van der Waals surface area (Å²) in [7, 11) is -3.72. The van der Waals surface area contributed by atoms with Crippen LogP contribution in [0.5, 0.6) is 0 Å². The summed E-state index contributed by atoms with van der Waals surface area (Å²) in [6.07, 6.45) is 1.51. The lowest BCUT2D eigenvalue weighted by Crippen LogP contribution is -2.37. The minimum Gasteiger partial charge on any atom is -0.396 e. The molecule has 0 amide bonds. The zero-order valence-electron chi connectivity index (χ0n) is 11.4. The quantitative estimate of drug-likeness (QED) is 0.667. The van der Waals surface area contributed by atoms with Gasteiger partial charge in [-0.3, -0.25) is 0 Å². The Bertz CT molecular complexity index is 583. The minimum atomic E-state index is -3.72. The van der Waals surface area contributed by atoms with Crippen LogP contribution in [0.2, 0.25) is 0 Å². The molecule has 1 rings (SSSR count). The van der Waals surface area contributed by atoms with Gasteiger partial charge in [-0.15, -0.1) is 6.58 Å². The van der Waals surface area contributed by atoms with Crippen molar-refractivity contribution in [2.45, 2.75) is 31.7 Å². The molecule has 6 heteroatoms. The molecule has 0 bridgehead atoms. The van der Waals surface area contributed by atoms with Crippen molar-refractivity contribution in [1.82, 2.24) is 4.31 Å². The van der Waals surface area contributed by atoms with Gasteiger partial charge in [-0.1, -0.05) is 6.08 Å². The fourth-order valence-electron chi connectivity index (χ4n) is 1.79. The SMILES string of the molecule is C=CCN(C(C)C)S(=O)(=O)c1cc(N)c(F)cc1C. The number of hydrogen-bond acceptors (Lipinski definition) is 3. The second kappa shape index (κ2) is 5.71. The summed E-state index contributed by atoms with van der Waals surface area (Å²) in [5.41, 5.74) is 5.62. The van der Waals surface area contributed by atoms with E-state index in [9.17, 15) is 12.8 Å². The summed E-state index contributed by atoms with van der Waals surface area (Å²) < 4.78 is 39.7. The largest absolute Gasteiger partial charge is 0.396 e. The number of hydrogen-bond donors (Lipinski definition) is 1. The third kappa shape index (κ3) is 3.13. The topological polar surface area (TPSA) is 63.4 Å². The molecule has 0 spiro atoms. The van der Waals surface area contributed by atoms with Gasteiger partial charge >= 0.3 is 0 Å². The van der Waals surface area contributed by atoms with Crippen LogP contribution in [0.1, 0.15) is 19.4 Å². The molecule has 2 N–H and O–H groups in total. The smallest absolute Gasteiger partial charge is 0.243 e. The standard InChI is InChI=1S/C13H19FN2O2S/c1-5-6-16(9(2)3)19(17,18)13-8-12(15)11(14)7-10(13)4/h5,7-9H,1,6,15H2,2-4H3. The maximum Gasteiger partial charge on any atom is 0.243 e. The molecule has 0 saturated heterocycles. The average molecular weight is 286 g/mol. The minimum absolute atomic E-state index is 0.0296. The molecule has 0 aliphatic carbocycles. The molecule has 0 unspecified atom stereocenters. The van der Waals surface area contributed by atoms with Gasteiger partial charge in [0.05, 0.1) is 10.6 Å². The molecule has 0 aliphatic heterocycles. The summed E-state index contributed by atoms with van der Waals surface area (Å²) in [4.78, 5) is 0.0296. The molecule has 4 nitrogen and oxygen atoms in total. The molecule has 1 aromatic rings. The number of anilines is 1. The maximum absolute atomic E-state index is 13.3. The zero-order chi connectivity index (χ0) is 14.8. The fourth-order valence-corrected chi connectivity index (χ4v) is 3.64. The van der Waals surface area contributed by atoms with E-state index in [1.807, 2.05) is 0 Å². The summed E-state index contributed by atoms with van der Waals surface area (Å²) in [6.45, 7) is 8.82. The maximum atomic E-state index is 13.3. The van der Waals surface area contributed by atoms with E-state index in [1.165, 1.54) is 16.4 Å². The van der Waals surface area contributed by atoms with Gasteiger partial charge < -0.3 is 5.73 Å². The Balaban J connectivity index is 3.41. The van der Waals surface area contributed by atoms with E-state index in [0.29, 0.717) is 5.56 Å². The highest BCUT2D eigenvalue weighted by molar-refractivity contribution is 7.89. The first-order valence-electron chi connectivity index (χ1n) is 5.90. The lowest BCUT2D eigenvalue weighted by Gasteiger charge is -2.25.